The third-order valence-electron chi connectivity index (χ3n) is 1.37. The summed E-state index contributed by atoms with van der Waals surface area (Å²) in [7, 11) is 0. The molecule has 0 spiro atoms. The van der Waals surface area contributed by atoms with E-state index >= 15 is 0 Å². The third kappa shape index (κ3) is 6.94. The molecule has 0 fully saturated rings. The van der Waals surface area contributed by atoms with Gasteiger partial charge in [-0.2, -0.15) is 5.26 Å². The average molecular weight is 228 g/mol. The lowest BCUT2D eigenvalue weighted by molar-refractivity contribution is -0.306. The van der Waals surface area contributed by atoms with E-state index in [0.29, 0.717) is 5.56 Å². The number of rotatable bonds is 1. The minimum Gasteiger partial charge on any atom is -0.296 e. The van der Waals surface area contributed by atoms with Crippen molar-refractivity contribution in [1.82, 2.24) is 0 Å². The highest BCUT2D eigenvalue weighted by molar-refractivity contribution is 5.88. The van der Waals surface area contributed by atoms with Gasteiger partial charge in [-0.1, -0.05) is 18.2 Å². The van der Waals surface area contributed by atoms with Crippen LogP contribution in [0.2, 0.25) is 0 Å². The van der Waals surface area contributed by atoms with Gasteiger partial charge >= 0.3 is 5.97 Å². The molecule has 0 aliphatic heterocycles. The van der Waals surface area contributed by atoms with Crippen molar-refractivity contribution in [2.24, 2.45) is 0 Å². The minimum atomic E-state index is -0.736. The van der Waals surface area contributed by atoms with Crippen LogP contribution in [0.15, 0.2) is 30.3 Å². The zero-order valence-electron chi connectivity index (χ0n) is 9.51. The van der Waals surface area contributed by atoms with E-state index in [-0.39, 0.29) is 0 Å². The zero-order valence-corrected chi connectivity index (χ0v) is 9.51. The molecule has 90 valence electrons. The number of carbonyl (C=O) groups is 1. The highest BCUT2D eigenvalue weighted by Crippen LogP contribution is 2.01. The van der Waals surface area contributed by atoms with E-state index in [1.807, 2.05) is 0 Å². The van der Waals surface area contributed by atoms with Crippen LogP contribution in [0.3, 0.4) is 0 Å². The Morgan fingerprint density at radius 1 is 1.12 bits per heavy atom. The van der Waals surface area contributed by atoms with E-state index in [9.17, 15) is 4.79 Å². The summed E-state index contributed by atoms with van der Waals surface area (Å²) in [6, 6.07) is 8.25. The second-order valence-corrected chi connectivity index (χ2v) is 3.95. The topological polar surface area (TPSA) is 76.0 Å². The monoisotopic (exact) mass is 228 g/mol. The maximum atomic E-state index is 10.5. The van der Waals surface area contributed by atoms with Gasteiger partial charge < -0.3 is 0 Å². The lowest BCUT2D eigenvalue weighted by Gasteiger charge is -2.10. The van der Waals surface area contributed by atoms with Crippen LogP contribution in [0, 0.1) is 0 Å². The van der Waals surface area contributed by atoms with Crippen LogP contribution >= 0.6 is 0 Å². The van der Waals surface area contributed by atoms with E-state index in [2.05, 4.69) is 9.78 Å². The van der Waals surface area contributed by atoms with Crippen molar-refractivity contribution >= 4 is 5.97 Å². The first kappa shape index (κ1) is 14.6. The molecule has 0 amide bonds. The van der Waals surface area contributed by atoms with E-state index in [4.69, 9.17) is 10.5 Å². The van der Waals surface area contributed by atoms with Crippen molar-refractivity contribution in [2.75, 3.05) is 0 Å². The lowest BCUT2D eigenvalue weighted by atomic mass is 10.2. The summed E-state index contributed by atoms with van der Waals surface area (Å²) in [5, 5.41) is 15.8. The van der Waals surface area contributed by atoms with Crippen molar-refractivity contribution < 1.29 is 25.1 Å². The molecule has 0 unspecified atom stereocenters. The molecule has 5 nitrogen and oxygen atoms in total. The number of hydrogen-bond acceptors (Lipinski definition) is 5. The Morgan fingerprint density at radius 2 is 1.56 bits per heavy atom. The fraction of sp³-hybridized carbons (Fsp3) is 0.364. The van der Waals surface area contributed by atoms with Crippen molar-refractivity contribution in [1.29, 1.82) is 0 Å². The fourth-order valence-corrected chi connectivity index (χ4v) is 0.627. The van der Waals surface area contributed by atoms with Crippen LogP contribution in [-0.4, -0.2) is 22.1 Å². The molecule has 0 aliphatic rings. The number of hydrogen-bond donors (Lipinski definition) is 2. The summed E-state index contributed by atoms with van der Waals surface area (Å²) in [5.41, 5.74) is -0.0648. The Labute approximate surface area is 94.1 Å². The summed E-state index contributed by atoms with van der Waals surface area (Å²) >= 11 is 0. The number of benzene rings is 1. The van der Waals surface area contributed by atoms with Gasteiger partial charge in [-0.25, -0.2) is 9.68 Å². The lowest BCUT2D eigenvalue weighted by Crippen LogP contribution is -2.15. The molecule has 0 radical (unpaired) electrons. The van der Waals surface area contributed by atoms with E-state index < -0.39 is 11.6 Å². The Bertz CT molecular complexity index is 302. The molecule has 0 aliphatic carbocycles. The summed E-state index contributed by atoms with van der Waals surface area (Å²) in [5.74, 6) is -0.736. The highest BCUT2D eigenvalue weighted by atomic mass is 17.1. The minimum absolute atomic E-state index is 0.338. The molecule has 0 saturated carbocycles. The van der Waals surface area contributed by atoms with E-state index in [1.54, 1.807) is 51.1 Å². The third-order valence-corrected chi connectivity index (χ3v) is 1.37. The van der Waals surface area contributed by atoms with Gasteiger partial charge in [0.1, 0.15) is 0 Å². The van der Waals surface area contributed by atoms with Gasteiger partial charge in [-0.3, -0.25) is 10.1 Å². The number of carbonyl (C=O) groups excluding carboxylic acids is 1. The summed E-state index contributed by atoms with van der Waals surface area (Å²) in [6.45, 7) is 5.31. The second-order valence-electron chi connectivity index (χ2n) is 3.95. The van der Waals surface area contributed by atoms with Crippen LogP contribution in [0.4, 0.5) is 0 Å². The van der Waals surface area contributed by atoms with Gasteiger partial charge in [0.05, 0.1) is 11.2 Å². The fourth-order valence-electron chi connectivity index (χ4n) is 0.627. The molecule has 1 aromatic carbocycles. The van der Waals surface area contributed by atoms with Gasteiger partial charge in [0.2, 0.25) is 0 Å². The van der Waals surface area contributed by atoms with Crippen LogP contribution in [0.5, 0.6) is 0 Å². The smallest absolute Gasteiger partial charge is 0.296 e. The van der Waals surface area contributed by atoms with Gasteiger partial charge in [-0.05, 0) is 32.9 Å². The maximum absolute atomic E-state index is 10.5. The molecule has 2 N–H and O–H groups in total. The highest BCUT2D eigenvalue weighted by Gasteiger charge is 2.07. The normalized spacial score (nSPS) is 10.1. The van der Waals surface area contributed by atoms with Crippen LogP contribution in [0.25, 0.3) is 0 Å². The van der Waals surface area contributed by atoms with E-state index in [0.717, 1.165) is 0 Å². The van der Waals surface area contributed by atoms with Crippen molar-refractivity contribution in [3.05, 3.63) is 35.9 Å². The molecular weight excluding hydrogens is 212 g/mol. The molecule has 1 aromatic rings. The van der Waals surface area contributed by atoms with Gasteiger partial charge in [0.15, 0.2) is 0 Å². The summed E-state index contributed by atoms with van der Waals surface area (Å²) < 4.78 is 0. The average Bonchev–Trinajstić information content (AvgIpc) is 2.29. The van der Waals surface area contributed by atoms with Gasteiger partial charge in [0.25, 0.3) is 0 Å². The van der Waals surface area contributed by atoms with Crippen molar-refractivity contribution in [3.8, 4) is 0 Å². The molecule has 0 bridgehead atoms. The molecule has 5 heteroatoms. The Morgan fingerprint density at radius 3 is 1.88 bits per heavy atom. The van der Waals surface area contributed by atoms with Crippen LogP contribution < -0.4 is 0 Å². The molecule has 0 atom stereocenters. The predicted molar refractivity (Wildman–Crippen MR) is 58.0 cm³/mol. The van der Waals surface area contributed by atoms with Crippen molar-refractivity contribution in [2.45, 2.75) is 26.4 Å². The largest absolute Gasteiger partial charge is 0.372 e. The van der Waals surface area contributed by atoms with E-state index in [1.165, 1.54) is 0 Å². The first-order chi connectivity index (χ1) is 7.40. The summed E-state index contributed by atoms with van der Waals surface area (Å²) in [6.07, 6.45) is 0. The first-order valence-electron chi connectivity index (χ1n) is 4.64. The maximum Gasteiger partial charge on any atom is 0.372 e. The molecule has 16 heavy (non-hydrogen) atoms. The Hall–Kier alpha value is -1.43. The van der Waals surface area contributed by atoms with Gasteiger partial charge in [-0.15, -0.1) is 0 Å². The molecule has 0 saturated heterocycles. The molecule has 0 heterocycles. The quantitative estimate of drug-likeness (QED) is 0.570. The molecular formula is C11H16O5. The summed E-state index contributed by atoms with van der Waals surface area (Å²) in [4.78, 5) is 18.0. The first-order valence-corrected chi connectivity index (χ1v) is 4.64. The van der Waals surface area contributed by atoms with Crippen molar-refractivity contribution in [3.63, 3.8) is 0 Å². The van der Waals surface area contributed by atoms with Crippen LogP contribution in [0.1, 0.15) is 31.1 Å². The molecule has 1 rings (SSSR count). The SMILES string of the molecule is CC(C)(C)OO.O=C(OO)c1ccccc1. The molecule has 0 aromatic heterocycles. The second kappa shape index (κ2) is 6.95. The Balaban J connectivity index is 0.000000325. The Kier molecular flexibility index (Phi) is 6.32. The standard InChI is InChI=1S/C7H6O3.C4H10O2/c8-7(10-9)6-4-2-1-3-5-6;1-4(2,3)6-5/h1-5,9H;5H,1-3H3. The van der Waals surface area contributed by atoms with Gasteiger partial charge in [0, 0.05) is 0 Å². The predicted octanol–water partition coefficient (Wildman–Crippen LogP) is 2.59. The zero-order chi connectivity index (χ0) is 12.6. The van der Waals surface area contributed by atoms with Crippen LogP contribution in [-0.2, 0) is 9.78 Å².